The van der Waals surface area contributed by atoms with Crippen LogP contribution >= 0.6 is 11.6 Å². The van der Waals surface area contributed by atoms with E-state index >= 15 is 0 Å². The number of rotatable bonds is 4. The minimum atomic E-state index is -4.00. The molecule has 0 radical (unpaired) electrons. The van der Waals surface area contributed by atoms with Gasteiger partial charge in [0.2, 0.25) is 15.7 Å². The molecule has 2 atom stereocenters. The molecular weight excluding hydrogens is 348 g/mol. The molecule has 0 bridgehead atoms. The van der Waals surface area contributed by atoms with Crippen molar-refractivity contribution in [1.29, 1.82) is 0 Å². The minimum absolute atomic E-state index is 0.0884. The third-order valence-corrected chi connectivity index (χ3v) is 5.87. The van der Waals surface area contributed by atoms with Crippen LogP contribution in [0.1, 0.15) is 26.5 Å². The van der Waals surface area contributed by atoms with E-state index in [2.05, 4.69) is 5.16 Å². The van der Waals surface area contributed by atoms with Crippen molar-refractivity contribution in [3.63, 3.8) is 0 Å². The van der Waals surface area contributed by atoms with E-state index in [9.17, 15) is 18.0 Å². The molecule has 0 unspecified atom stereocenters. The van der Waals surface area contributed by atoms with Gasteiger partial charge in [0.25, 0.3) is 0 Å². The van der Waals surface area contributed by atoms with Gasteiger partial charge in [0, 0.05) is 0 Å². The monoisotopic (exact) mass is 364 g/mol. The maximum Gasteiger partial charge on any atom is 0.326 e. The minimum Gasteiger partial charge on any atom is -0.459 e. The lowest BCUT2D eigenvalue weighted by molar-refractivity contribution is -0.162. The number of esters is 1. The molecule has 8 nitrogen and oxygen atoms in total. The van der Waals surface area contributed by atoms with Crippen molar-refractivity contribution in [2.45, 2.75) is 48.9 Å². The molecule has 1 fully saturated rings. The highest BCUT2D eigenvalue weighted by Gasteiger charge is 2.55. The maximum absolute atomic E-state index is 12.6. The van der Waals surface area contributed by atoms with Crippen LogP contribution in [0.3, 0.4) is 0 Å². The van der Waals surface area contributed by atoms with Crippen molar-refractivity contribution >= 4 is 33.3 Å². The predicted octanol–water partition coefficient (Wildman–Crippen LogP) is 0.874. The number of carbonyl (C=O) groups is 2. The van der Waals surface area contributed by atoms with Crippen molar-refractivity contribution in [3.8, 4) is 0 Å². The summed E-state index contributed by atoms with van der Waals surface area (Å²) in [4.78, 5) is 24.4. The molecule has 0 spiro atoms. The maximum atomic E-state index is 12.6. The number of ether oxygens (including phenoxy) is 1. The second kappa shape index (κ2) is 5.79. The molecule has 1 aromatic heterocycles. The molecule has 0 aliphatic carbocycles. The Morgan fingerprint density at radius 2 is 2.09 bits per heavy atom. The average Bonchev–Trinajstić information content (AvgIpc) is 2.82. The highest BCUT2D eigenvalue weighted by molar-refractivity contribution is 7.92. The van der Waals surface area contributed by atoms with E-state index in [0.717, 1.165) is 11.1 Å². The first-order valence-electron chi connectivity index (χ1n) is 6.77. The Hall–Kier alpha value is -1.61. The fourth-order valence-corrected chi connectivity index (χ4v) is 4.68. The normalized spacial score (nSPS) is 22.0. The van der Waals surface area contributed by atoms with Crippen LogP contribution in [0.2, 0.25) is 0 Å². The first-order valence-corrected chi connectivity index (χ1v) is 8.75. The van der Waals surface area contributed by atoms with Gasteiger partial charge in [0.05, 0.1) is 6.20 Å². The average molecular weight is 365 g/mol. The third kappa shape index (κ3) is 3.35. The van der Waals surface area contributed by atoms with E-state index in [1.165, 1.54) is 6.92 Å². The van der Waals surface area contributed by atoms with Crippen LogP contribution in [0.15, 0.2) is 15.6 Å². The van der Waals surface area contributed by atoms with Crippen molar-refractivity contribution in [2.75, 3.05) is 6.54 Å². The highest BCUT2D eigenvalue weighted by atomic mass is 35.5. The van der Waals surface area contributed by atoms with E-state index in [1.54, 1.807) is 20.8 Å². The second-order valence-electron chi connectivity index (χ2n) is 6.14. The summed E-state index contributed by atoms with van der Waals surface area (Å²) in [6.45, 7) is 5.95. The topological polar surface area (TPSA) is 107 Å². The number of likely N-dealkylation sites (tertiary alicyclic amines) is 1. The Balaban J connectivity index is 2.23. The molecule has 1 aliphatic heterocycles. The summed E-state index contributed by atoms with van der Waals surface area (Å²) >= 11 is 5.86. The lowest BCUT2D eigenvalue weighted by Gasteiger charge is -2.42. The summed E-state index contributed by atoms with van der Waals surface area (Å²) in [6.07, 6.45) is 1.04. The summed E-state index contributed by atoms with van der Waals surface area (Å²) in [5.41, 5.74) is -0.745. The van der Waals surface area contributed by atoms with Gasteiger partial charge in [0.1, 0.15) is 22.4 Å². The number of carbonyl (C=O) groups excluding carboxylic acids is 2. The SMILES string of the molecule is Cc1oncc1S(=O)(=O)[C@@H]1[C@@H](Cl)C(=O)N1CC(=O)OC(C)(C)C. The zero-order chi connectivity index (χ0) is 17.6. The Morgan fingerprint density at radius 1 is 1.48 bits per heavy atom. The van der Waals surface area contributed by atoms with Crippen LogP contribution in [0.25, 0.3) is 0 Å². The van der Waals surface area contributed by atoms with Crippen molar-refractivity contribution < 1.29 is 27.3 Å². The third-order valence-electron chi connectivity index (χ3n) is 3.13. The fraction of sp³-hybridized carbons (Fsp3) is 0.615. The van der Waals surface area contributed by atoms with Gasteiger partial charge in [-0.1, -0.05) is 5.16 Å². The second-order valence-corrected chi connectivity index (χ2v) is 8.62. The van der Waals surface area contributed by atoms with Crippen molar-refractivity contribution in [1.82, 2.24) is 10.1 Å². The zero-order valence-corrected chi connectivity index (χ0v) is 14.6. The summed E-state index contributed by atoms with van der Waals surface area (Å²) in [5.74, 6) is -1.26. The molecule has 1 saturated heterocycles. The van der Waals surface area contributed by atoms with E-state index in [1.807, 2.05) is 0 Å². The molecule has 1 aliphatic rings. The molecule has 1 aromatic rings. The van der Waals surface area contributed by atoms with Gasteiger partial charge in [-0.2, -0.15) is 0 Å². The Bertz CT molecular complexity index is 736. The lowest BCUT2D eigenvalue weighted by Crippen LogP contribution is -2.66. The molecule has 10 heteroatoms. The molecular formula is C13H17ClN2O6S. The first-order chi connectivity index (χ1) is 10.4. The number of sulfone groups is 1. The van der Waals surface area contributed by atoms with Crippen LogP contribution in [0, 0.1) is 6.92 Å². The molecule has 23 heavy (non-hydrogen) atoms. The largest absolute Gasteiger partial charge is 0.459 e. The number of nitrogens with zero attached hydrogens (tertiary/aromatic N) is 2. The van der Waals surface area contributed by atoms with Crippen molar-refractivity contribution in [2.24, 2.45) is 0 Å². The van der Waals surface area contributed by atoms with E-state index in [0.29, 0.717) is 0 Å². The van der Waals surface area contributed by atoms with E-state index in [4.69, 9.17) is 20.9 Å². The molecule has 0 saturated carbocycles. The van der Waals surface area contributed by atoms with Gasteiger partial charge in [-0.05, 0) is 27.7 Å². The standard InChI is InChI=1S/C13H17ClN2O6S/c1-7-8(5-15-22-7)23(19,20)12-10(14)11(18)16(12)6-9(17)21-13(2,3)4/h5,10,12H,6H2,1-4H3/t10-,12+/m0/s1. The van der Waals surface area contributed by atoms with Gasteiger partial charge < -0.3 is 14.2 Å². The smallest absolute Gasteiger partial charge is 0.326 e. The first kappa shape index (κ1) is 17.7. The number of β-lactam (4-membered cyclic amide) rings is 1. The number of halogens is 1. The highest BCUT2D eigenvalue weighted by Crippen LogP contribution is 2.34. The van der Waals surface area contributed by atoms with Crippen LogP contribution in [-0.2, 0) is 24.2 Å². The number of amides is 1. The number of hydrogen-bond donors (Lipinski definition) is 0. The zero-order valence-electron chi connectivity index (χ0n) is 13.1. The lowest BCUT2D eigenvalue weighted by atomic mass is 10.2. The van der Waals surface area contributed by atoms with Gasteiger partial charge in [-0.15, -0.1) is 11.6 Å². The van der Waals surface area contributed by atoms with Crippen molar-refractivity contribution in [3.05, 3.63) is 12.0 Å². The van der Waals surface area contributed by atoms with Crippen LogP contribution in [0.4, 0.5) is 0 Å². The number of alkyl halides is 1. The number of aromatic nitrogens is 1. The summed E-state index contributed by atoms with van der Waals surface area (Å²) < 4.78 is 35.0. The van der Waals surface area contributed by atoms with E-state index < -0.39 is 44.6 Å². The Kier molecular flexibility index (Phi) is 4.46. The van der Waals surface area contributed by atoms with Gasteiger partial charge in [0.15, 0.2) is 11.1 Å². The summed E-state index contributed by atoms with van der Waals surface area (Å²) in [6, 6.07) is 0. The number of hydrogen-bond acceptors (Lipinski definition) is 7. The van der Waals surface area contributed by atoms with Gasteiger partial charge in [-0.3, -0.25) is 9.59 Å². The van der Waals surface area contributed by atoms with E-state index in [-0.39, 0.29) is 10.7 Å². The van der Waals surface area contributed by atoms with Gasteiger partial charge >= 0.3 is 5.97 Å². The molecule has 0 N–H and O–H groups in total. The number of aryl methyl sites for hydroxylation is 1. The summed E-state index contributed by atoms with van der Waals surface area (Å²) in [5, 5.41) is 0.789. The quantitative estimate of drug-likeness (QED) is 0.443. The van der Waals surface area contributed by atoms with Crippen LogP contribution in [-0.4, -0.2) is 53.2 Å². The molecule has 2 rings (SSSR count). The predicted molar refractivity (Wildman–Crippen MR) is 79.4 cm³/mol. The van der Waals surface area contributed by atoms with Crippen LogP contribution in [0.5, 0.6) is 0 Å². The summed E-state index contributed by atoms with van der Waals surface area (Å²) in [7, 11) is -4.00. The molecule has 1 amide bonds. The molecule has 128 valence electrons. The Morgan fingerprint density at radius 3 is 2.57 bits per heavy atom. The fourth-order valence-electron chi connectivity index (χ4n) is 2.18. The van der Waals surface area contributed by atoms with Gasteiger partial charge in [-0.25, -0.2) is 8.42 Å². The molecule has 2 heterocycles. The Labute approximate surface area is 138 Å². The van der Waals surface area contributed by atoms with Crippen LogP contribution < -0.4 is 0 Å². The molecule has 0 aromatic carbocycles.